The molecular formula is C18H23FN4. The minimum Gasteiger partial charge on any atom is -0.370 e. The first kappa shape index (κ1) is 15.7. The van der Waals surface area contributed by atoms with Crippen molar-refractivity contribution in [2.75, 3.05) is 29.9 Å². The number of nitrogens with one attached hydrogen (secondary N) is 1. The van der Waals surface area contributed by atoms with Crippen LogP contribution in [0.1, 0.15) is 25.3 Å². The lowest BCUT2D eigenvalue weighted by Crippen LogP contribution is -2.33. The molecule has 0 atom stereocenters. The highest BCUT2D eigenvalue weighted by Gasteiger charge is 2.17. The summed E-state index contributed by atoms with van der Waals surface area (Å²) in [7, 11) is 0. The van der Waals surface area contributed by atoms with Gasteiger partial charge in [-0.25, -0.2) is 14.4 Å². The summed E-state index contributed by atoms with van der Waals surface area (Å²) < 4.78 is 12.9. The third-order valence-corrected chi connectivity index (χ3v) is 4.39. The summed E-state index contributed by atoms with van der Waals surface area (Å²) in [5.41, 5.74) is 1.11. The van der Waals surface area contributed by atoms with Gasteiger partial charge in [-0.2, -0.15) is 0 Å². The van der Waals surface area contributed by atoms with E-state index < -0.39 is 0 Å². The maximum absolute atomic E-state index is 12.9. The number of aromatic nitrogens is 2. The molecule has 122 valence electrons. The zero-order chi connectivity index (χ0) is 16.1. The predicted octanol–water partition coefficient (Wildman–Crippen LogP) is 3.51. The summed E-state index contributed by atoms with van der Waals surface area (Å²) in [5.74, 6) is 2.45. The molecular weight excluding hydrogens is 291 g/mol. The molecule has 1 aromatic carbocycles. The van der Waals surface area contributed by atoms with Gasteiger partial charge in [-0.05, 0) is 42.9 Å². The summed E-state index contributed by atoms with van der Waals surface area (Å²) in [6, 6.07) is 8.64. The Morgan fingerprint density at radius 2 is 1.91 bits per heavy atom. The highest BCUT2D eigenvalue weighted by molar-refractivity contribution is 5.48. The molecule has 1 aliphatic rings. The molecule has 4 nitrogen and oxygen atoms in total. The Labute approximate surface area is 136 Å². The van der Waals surface area contributed by atoms with E-state index in [1.807, 2.05) is 18.2 Å². The molecule has 1 aliphatic heterocycles. The van der Waals surface area contributed by atoms with Crippen molar-refractivity contribution >= 4 is 11.6 Å². The SMILES string of the molecule is CC1CCN(c2cc(NCCc3ccc(F)cc3)ncn2)CC1. The minimum atomic E-state index is -0.196. The van der Waals surface area contributed by atoms with Gasteiger partial charge in [0.1, 0.15) is 23.8 Å². The van der Waals surface area contributed by atoms with Crippen LogP contribution in [0.4, 0.5) is 16.0 Å². The van der Waals surface area contributed by atoms with Crippen molar-refractivity contribution in [2.45, 2.75) is 26.2 Å². The summed E-state index contributed by atoms with van der Waals surface area (Å²) in [6.45, 7) is 5.19. The van der Waals surface area contributed by atoms with Crippen LogP contribution in [0.3, 0.4) is 0 Å². The molecule has 23 heavy (non-hydrogen) atoms. The number of nitrogens with zero attached hydrogens (tertiary/aromatic N) is 3. The molecule has 0 aliphatic carbocycles. The highest BCUT2D eigenvalue weighted by Crippen LogP contribution is 2.22. The summed E-state index contributed by atoms with van der Waals surface area (Å²) in [6.07, 6.45) is 4.89. The third kappa shape index (κ3) is 4.41. The second-order valence-corrected chi connectivity index (χ2v) is 6.23. The van der Waals surface area contributed by atoms with Crippen molar-refractivity contribution in [1.29, 1.82) is 0 Å². The zero-order valence-corrected chi connectivity index (χ0v) is 13.5. The van der Waals surface area contributed by atoms with Crippen LogP contribution in [0.15, 0.2) is 36.7 Å². The van der Waals surface area contributed by atoms with Crippen LogP contribution in [-0.4, -0.2) is 29.6 Å². The van der Waals surface area contributed by atoms with Gasteiger partial charge in [-0.15, -0.1) is 0 Å². The molecule has 2 heterocycles. The molecule has 1 N–H and O–H groups in total. The Morgan fingerprint density at radius 1 is 1.17 bits per heavy atom. The van der Waals surface area contributed by atoms with Crippen LogP contribution in [0.5, 0.6) is 0 Å². The average molecular weight is 314 g/mol. The molecule has 2 aromatic rings. The van der Waals surface area contributed by atoms with Crippen molar-refractivity contribution in [3.8, 4) is 0 Å². The lowest BCUT2D eigenvalue weighted by molar-refractivity contribution is 0.436. The molecule has 0 saturated carbocycles. The van der Waals surface area contributed by atoms with Gasteiger partial charge in [0, 0.05) is 25.7 Å². The number of anilines is 2. The van der Waals surface area contributed by atoms with E-state index in [4.69, 9.17) is 0 Å². The maximum Gasteiger partial charge on any atom is 0.134 e. The first-order valence-electron chi connectivity index (χ1n) is 8.26. The molecule has 1 fully saturated rings. The van der Waals surface area contributed by atoms with Crippen LogP contribution in [0, 0.1) is 11.7 Å². The lowest BCUT2D eigenvalue weighted by atomic mass is 9.99. The first-order chi connectivity index (χ1) is 11.2. The van der Waals surface area contributed by atoms with E-state index in [1.165, 1.54) is 25.0 Å². The fourth-order valence-corrected chi connectivity index (χ4v) is 2.84. The van der Waals surface area contributed by atoms with Crippen molar-refractivity contribution in [3.63, 3.8) is 0 Å². The first-order valence-corrected chi connectivity index (χ1v) is 8.26. The van der Waals surface area contributed by atoms with Gasteiger partial charge in [0.2, 0.25) is 0 Å². The van der Waals surface area contributed by atoms with Crippen LogP contribution in [0.2, 0.25) is 0 Å². The van der Waals surface area contributed by atoms with E-state index in [9.17, 15) is 4.39 Å². The average Bonchev–Trinajstić information content (AvgIpc) is 2.58. The van der Waals surface area contributed by atoms with Crippen LogP contribution in [0.25, 0.3) is 0 Å². The van der Waals surface area contributed by atoms with Crippen LogP contribution in [-0.2, 0) is 6.42 Å². The van der Waals surface area contributed by atoms with Gasteiger partial charge in [-0.1, -0.05) is 19.1 Å². The number of halogens is 1. The van der Waals surface area contributed by atoms with Gasteiger partial charge in [0.05, 0.1) is 0 Å². The number of piperidine rings is 1. The van der Waals surface area contributed by atoms with E-state index in [0.717, 1.165) is 49.2 Å². The van der Waals surface area contributed by atoms with E-state index in [0.29, 0.717) is 0 Å². The second-order valence-electron chi connectivity index (χ2n) is 6.23. The Morgan fingerprint density at radius 3 is 2.65 bits per heavy atom. The van der Waals surface area contributed by atoms with Crippen molar-refractivity contribution in [1.82, 2.24) is 9.97 Å². The normalized spacial score (nSPS) is 15.7. The topological polar surface area (TPSA) is 41.0 Å². The molecule has 0 radical (unpaired) electrons. The summed E-state index contributed by atoms with van der Waals surface area (Å²) >= 11 is 0. The Hall–Kier alpha value is -2.17. The van der Waals surface area contributed by atoms with Gasteiger partial charge < -0.3 is 10.2 Å². The Balaban J connectivity index is 1.54. The quantitative estimate of drug-likeness (QED) is 0.917. The van der Waals surface area contributed by atoms with Gasteiger partial charge >= 0.3 is 0 Å². The highest BCUT2D eigenvalue weighted by atomic mass is 19.1. The van der Waals surface area contributed by atoms with E-state index >= 15 is 0 Å². The molecule has 1 aromatic heterocycles. The predicted molar refractivity (Wildman–Crippen MR) is 91.2 cm³/mol. The molecule has 5 heteroatoms. The fraction of sp³-hybridized carbons (Fsp3) is 0.444. The van der Waals surface area contributed by atoms with E-state index in [2.05, 4.69) is 27.1 Å². The molecule has 1 saturated heterocycles. The fourth-order valence-electron chi connectivity index (χ4n) is 2.84. The monoisotopic (exact) mass is 314 g/mol. The molecule has 0 bridgehead atoms. The standard InChI is InChI=1S/C18H23FN4/c1-14-7-10-23(11-8-14)18-12-17(21-13-22-18)20-9-6-15-2-4-16(19)5-3-15/h2-5,12-14H,6-11H2,1H3,(H,20,21,22). The van der Waals surface area contributed by atoms with E-state index in [-0.39, 0.29) is 5.82 Å². The van der Waals surface area contributed by atoms with Crippen molar-refractivity contribution in [2.24, 2.45) is 5.92 Å². The Kier molecular flexibility index (Phi) is 5.05. The minimum absolute atomic E-state index is 0.196. The van der Waals surface area contributed by atoms with Gasteiger partial charge in [0.15, 0.2) is 0 Å². The zero-order valence-electron chi connectivity index (χ0n) is 13.5. The maximum atomic E-state index is 12.9. The van der Waals surface area contributed by atoms with Crippen molar-refractivity contribution in [3.05, 3.63) is 48.0 Å². The largest absolute Gasteiger partial charge is 0.370 e. The second kappa shape index (κ2) is 7.40. The number of hydrogen-bond acceptors (Lipinski definition) is 4. The number of benzene rings is 1. The van der Waals surface area contributed by atoms with Crippen LogP contribution >= 0.6 is 0 Å². The lowest BCUT2D eigenvalue weighted by Gasteiger charge is -2.31. The number of hydrogen-bond donors (Lipinski definition) is 1. The molecule has 0 amide bonds. The summed E-state index contributed by atoms with van der Waals surface area (Å²) in [4.78, 5) is 11.0. The Bertz CT molecular complexity index is 621. The van der Waals surface area contributed by atoms with Gasteiger partial charge in [-0.3, -0.25) is 0 Å². The van der Waals surface area contributed by atoms with Gasteiger partial charge in [0.25, 0.3) is 0 Å². The molecule has 3 rings (SSSR count). The van der Waals surface area contributed by atoms with E-state index in [1.54, 1.807) is 6.33 Å². The van der Waals surface area contributed by atoms with Crippen LogP contribution < -0.4 is 10.2 Å². The third-order valence-electron chi connectivity index (χ3n) is 4.39. The van der Waals surface area contributed by atoms with Crippen molar-refractivity contribution < 1.29 is 4.39 Å². The summed E-state index contributed by atoms with van der Waals surface area (Å²) in [5, 5.41) is 3.32. The number of rotatable bonds is 5. The smallest absolute Gasteiger partial charge is 0.134 e. The molecule has 0 spiro atoms. The molecule has 0 unspecified atom stereocenters.